The third kappa shape index (κ3) is 18.2. The standard InChI is InChI=1S/C20H30O6.C17H14O6.C14H12O6.C12H12O6.C11H10O6.C10H10O6.C8H6O6/c1-13-15(19(23)25-17(13)21)11-9-7-5-3-4-6-8-10-12-16-14(2)18(22)26-20(16)24;18-12-8-17(16(21)22-12)6-10(9-4-2-1-3-5-9)13-11(7-17)14(19)23-15(13)20;15-6-3-14(13(18)19-6)2-4-1-5(14)8-7(4)9-10(8)12(17)20-11(9)16;13-8-4-12(5-9(14)17-8)2-1-6-7(3-12)11(16)18-10(6)15;12-7-4-11(10(15)16-7)2-1-5-6(3-11)9(14)17-8(5)13;1-3-5(9(13)15-7(3)11)6-4(2)8(12)16-10(6)14;9-5-1-3(7(11)13-5)4-2-6(10)14-8(4)12/h13-16H,3-12H2,1-2H3;1-5,10-11,13H,6-8H2;4-5,7-10H,1-3H2;6-7H,1-5H2;5-6H,1-4H2;3-6H,1-2H3;3-4H,1-2H2. The van der Waals surface area contributed by atoms with Crippen LogP contribution in [0, 0.1) is 152 Å². The van der Waals surface area contributed by atoms with E-state index in [0.717, 1.165) is 76.2 Å². The van der Waals surface area contributed by atoms with Crippen LogP contribution in [0.2, 0.25) is 0 Å². The number of carbonyl (C=O) groups is 28. The summed E-state index contributed by atoms with van der Waals surface area (Å²) in [6.07, 6.45) is 14.5. The van der Waals surface area contributed by atoms with Crippen LogP contribution in [0.1, 0.15) is 213 Å². The first-order valence-corrected chi connectivity index (χ1v) is 45.0. The fourth-order valence-corrected chi connectivity index (χ4v) is 24.0. The summed E-state index contributed by atoms with van der Waals surface area (Å²) in [4.78, 5) is 321. The number of benzene rings is 1. The summed E-state index contributed by atoms with van der Waals surface area (Å²) in [6.45, 7) is 6.53. The van der Waals surface area contributed by atoms with Crippen LogP contribution < -0.4 is 0 Å². The molecule has 0 radical (unpaired) electrons. The monoisotopic (exact) mass is 1870 g/mol. The van der Waals surface area contributed by atoms with E-state index >= 15 is 0 Å². The first-order valence-electron chi connectivity index (χ1n) is 45.0. The van der Waals surface area contributed by atoms with Gasteiger partial charge in [-0.1, -0.05) is 109 Å². The van der Waals surface area contributed by atoms with E-state index in [-0.39, 0.29) is 147 Å². The Morgan fingerprint density at radius 3 is 1.07 bits per heavy atom. The average molecular weight is 1870 g/mol. The third-order valence-electron chi connectivity index (χ3n) is 30.9. The Morgan fingerprint density at radius 1 is 0.269 bits per heavy atom. The summed E-state index contributed by atoms with van der Waals surface area (Å²) in [5.74, 6) is -25.2. The van der Waals surface area contributed by atoms with Crippen molar-refractivity contribution in [3.05, 3.63) is 35.9 Å². The Labute approximate surface area is 759 Å². The van der Waals surface area contributed by atoms with Crippen LogP contribution in [0.5, 0.6) is 0 Å². The molecule has 0 N–H and O–H groups in total. The molecule has 21 rings (SSSR count). The topological polar surface area (TPSA) is 607 Å². The van der Waals surface area contributed by atoms with Gasteiger partial charge in [0.25, 0.3) is 0 Å². The first-order chi connectivity index (χ1) is 63.5. The van der Waals surface area contributed by atoms with Crippen LogP contribution in [0.3, 0.4) is 0 Å². The molecule has 2 bridgehead atoms. The molecule has 1 aromatic rings. The fourth-order valence-electron chi connectivity index (χ4n) is 24.0. The van der Waals surface area contributed by atoms with Crippen LogP contribution in [0.15, 0.2) is 30.3 Å². The highest BCUT2D eigenvalue weighted by molar-refractivity contribution is 6.07. The van der Waals surface area contributed by atoms with Gasteiger partial charge in [-0.15, -0.1) is 0 Å². The van der Waals surface area contributed by atoms with E-state index in [1.165, 1.54) is 13.8 Å². The van der Waals surface area contributed by atoms with E-state index < -0.39 is 236 Å². The Hall–Kier alpha value is -12.8. The zero-order valence-corrected chi connectivity index (χ0v) is 72.9. The lowest BCUT2D eigenvalue weighted by molar-refractivity contribution is -0.173. The molecule has 26 atom stereocenters. The molecular weight excluding hydrogens is 1780 g/mol. The van der Waals surface area contributed by atoms with Crippen LogP contribution in [0.4, 0.5) is 0 Å². The van der Waals surface area contributed by atoms with E-state index in [2.05, 4.69) is 47.4 Å². The number of fused-ring (bicyclic) bond motifs is 12. The third-order valence-corrected chi connectivity index (χ3v) is 30.9. The second-order valence-electron chi connectivity index (χ2n) is 38.7. The van der Waals surface area contributed by atoms with Gasteiger partial charge >= 0.3 is 167 Å². The maximum atomic E-state index is 12.2. The lowest BCUT2D eigenvalue weighted by atomic mass is 9.48. The number of unbranched alkanes of at least 4 members (excludes halogenated alkanes) is 7. The van der Waals surface area contributed by atoms with E-state index in [0.29, 0.717) is 44.9 Å². The van der Waals surface area contributed by atoms with Gasteiger partial charge in [0.15, 0.2) is 0 Å². The molecule has 0 amide bonds. The zero-order chi connectivity index (χ0) is 96.5. The maximum absolute atomic E-state index is 12.2. The highest BCUT2D eigenvalue weighted by Gasteiger charge is 2.78. The summed E-state index contributed by atoms with van der Waals surface area (Å²) < 4.78 is 64.0. The highest BCUT2D eigenvalue weighted by atomic mass is 16.6. The first kappa shape index (κ1) is 95.8. The molecule has 14 saturated heterocycles. The van der Waals surface area contributed by atoms with Crippen LogP contribution in [-0.4, -0.2) is 167 Å². The van der Waals surface area contributed by atoms with E-state index in [9.17, 15) is 134 Å². The predicted molar refractivity (Wildman–Crippen MR) is 418 cm³/mol. The minimum absolute atomic E-state index is 0.00356. The van der Waals surface area contributed by atoms with Gasteiger partial charge in [-0.2, -0.15) is 0 Å². The molecule has 4 spiro atoms. The van der Waals surface area contributed by atoms with Gasteiger partial charge in [-0.05, 0) is 118 Å². The Morgan fingerprint density at radius 2 is 0.634 bits per heavy atom. The molecule has 26 unspecified atom stereocenters. The Balaban J connectivity index is 0.000000120. The second-order valence-corrected chi connectivity index (χ2v) is 38.7. The Kier molecular flexibility index (Phi) is 26.8. The normalized spacial score (nSPS) is 37.6. The predicted octanol–water partition coefficient (Wildman–Crippen LogP) is 4.05. The molecule has 1 aromatic carbocycles. The molecule has 6 aliphatic carbocycles. The number of carbonyl (C=O) groups excluding carboxylic acids is 28. The minimum Gasteiger partial charge on any atom is -0.393 e. The smallest absolute Gasteiger partial charge is 0.320 e. The average Bonchev–Trinajstić information content (AvgIpc) is 1.50. The van der Waals surface area contributed by atoms with Crippen molar-refractivity contribution in [1.29, 1.82) is 0 Å². The molecule has 6 saturated carbocycles. The van der Waals surface area contributed by atoms with Crippen molar-refractivity contribution < 1.29 is 201 Å². The second kappa shape index (κ2) is 37.6. The zero-order valence-electron chi connectivity index (χ0n) is 72.9. The molecule has 0 aromatic heterocycles. The quantitative estimate of drug-likeness (QED) is 0.110. The van der Waals surface area contributed by atoms with Gasteiger partial charge < -0.3 is 66.3 Å². The molecule has 20 aliphatic rings. The van der Waals surface area contributed by atoms with Crippen molar-refractivity contribution in [2.75, 3.05) is 0 Å². The van der Waals surface area contributed by atoms with Crippen molar-refractivity contribution in [3.63, 3.8) is 0 Å². The lowest BCUT2D eigenvalue weighted by Crippen LogP contribution is -2.56. The summed E-state index contributed by atoms with van der Waals surface area (Å²) in [5.41, 5.74) is -2.30. The number of hydrogen-bond donors (Lipinski definition) is 0. The summed E-state index contributed by atoms with van der Waals surface area (Å²) in [7, 11) is 0. The highest BCUT2D eigenvalue weighted by Crippen LogP contribution is 2.74. The summed E-state index contributed by atoms with van der Waals surface area (Å²) in [5, 5.41) is 0. The largest absolute Gasteiger partial charge is 0.393 e. The van der Waals surface area contributed by atoms with Gasteiger partial charge in [0.1, 0.15) is 0 Å². The number of ether oxygens (including phenoxy) is 14. The molecule has 14 heterocycles. The minimum atomic E-state index is -1.03. The molecule has 42 nitrogen and oxygen atoms in total. The fraction of sp³-hybridized carbons (Fsp3) is 0.630. The lowest BCUT2D eigenvalue weighted by Gasteiger charge is -2.51. The van der Waals surface area contributed by atoms with Crippen LogP contribution in [-0.2, 0) is 201 Å². The van der Waals surface area contributed by atoms with Crippen LogP contribution >= 0.6 is 0 Å². The summed E-state index contributed by atoms with van der Waals surface area (Å²) in [6, 6.07) is 9.25. The van der Waals surface area contributed by atoms with Crippen molar-refractivity contribution in [2.45, 2.75) is 207 Å². The van der Waals surface area contributed by atoms with E-state index in [1.54, 1.807) is 13.8 Å². The molecule has 42 heteroatoms. The van der Waals surface area contributed by atoms with Crippen LogP contribution in [0.25, 0.3) is 0 Å². The molecule has 714 valence electrons. The number of esters is 28. The van der Waals surface area contributed by atoms with E-state index in [4.69, 9.17) is 18.9 Å². The summed E-state index contributed by atoms with van der Waals surface area (Å²) >= 11 is 0. The van der Waals surface area contributed by atoms with Crippen molar-refractivity contribution in [2.24, 2.45) is 152 Å². The van der Waals surface area contributed by atoms with Gasteiger partial charge in [-0.25, -0.2) is 0 Å². The van der Waals surface area contributed by atoms with Crippen molar-refractivity contribution in [3.8, 4) is 0 Å². The van der Waals surface area contributed by atoms with E-state index in [1.807, 2.05) is 30.3 Å². The maximum Gasteiger partial charge on any atom is 0.320 e. The Bertz CT molecular complexity index is 5180. The molecule has 20 fully saturated rings. The molecule has 14 aliphatic heterocycles. The molecular formula is C92H94O42. The SMILES string of the molecule is CC1C(=O)OC(=O)C1C1C(=O)OC(=O)C1C.CC1C(=O)OC(=O)C1CCCCCCCCCCC1C(=O)OC(=O)C1C.O=C1CC(C2CC(=O)OC2=O)C(=O)O1.O=C1CC2(CC3C(=O)OC(=O)C3C(c3ccccc3)C2)C(=O)O1.O=C1CC2(CC3CC2C2C4C(=O)OC(=O)C4C32)C(=O)O1.O=C1CC2(CCC3C(=O)OC(=O)C3C2)C(=O)O1.O=C1CC2(CCC3C(=O)OC(=O)C3C2)CC(=O)O1. The van der Waals surface area contributed by atoms with Gasteiger partial charge in [0.05, 0.1) is 168 Å². The van der Waals surface area contributed by atoms with Crippen molar-refractivity contribution >= 4 is 167 Å². The van der Waals surface area contributed by atoms with Gasteiger partial charge in [0.2, 0.25) is 0 Å². The number of hydrogen-bond acceptors (Lipinski definition) is 42. The van der Waals surface area contributed by atoms with Gasteiger partial charge in [-0.3, -0.25) is 134 Å². The molecule has 134 heavy (non-hydrogen) atoms. The van der Waals surface area contributed by atoms with Crippen molar-refractivity contribution in [1.82, 2.24) is 0 Å². The number of cyclic esters (lactones) is 28. The van der Waals surface area contributed by atoms with Gasteiger partial charge in [0, 0.05) is 0 Å². The number of rotatable bonds is 14.